The molecule has 0 atom stereocenters. The van der Waals surface area contributed by atoms with Crippen molar-refractivity contribution in [2.75, 3.05) is 44.2 Å². The average Bonchev–Trinajstić information content (AvgIpc) is 2.61. The number of hydrogen-bond donors (Lipinski definition) is 3. The first-order chi connectivity index (χ1) is 12.0. The minimum atomic E-state index is -0.407. The van der Waals surface area contributed by atoms with Gasteiger partial charge < -0.3 is 10.2 Å². The van der Waals surface area contributed by atoms with Crippen molar-refractivity contribution in [3.8, 4) is 0 Å². The van der Waals surface area contributed by atoms with Crippen molar-refractivity contribution in [1.82, 2.24) is 21.1 Å². The molecule has 1 aliphatic heterocycles. The van der Waals surface area contributed by atoms with Gasteiger partial charge in [-0.1, -0.05) is 0 Å². The number of thiocarbonyl (C=S) groups is 1. The monoisotopic (exact) mass is 366 g/mol. The summed E-state index contributed by atoms with van der Waals surface area (Å²) in [5.41, 5.74) is 6.25. The van der Waals surface area contributed by atoms with Gasteiger partial charge in [0.15, 0.2) is 5.11 Å². The second-order valence-electron chi connectivity index (χ2n) is 5.57. The summed E-state index contributed by atoms with van der Waals surface area (Å²) in [6, 6.07) is 6.53. The molecular weight excluding hydrogens is 344 g/mol. The van der Waals surface area contributed by atoms with Crippen LogP contribution in [0.5, 0.6) is 0 Å². The zero-order chi connectivity index (χ0) is 18.2. The number of carbonyl (C=O) groups excluding carboxylic acids is 1. The Balaban J connectivity index is 1.74. The summed E-state index contributed by atoms with van der Waals surface area (Å²) in [6.45, 7) is 5.88. The molecule has 1 aliphatic rings. The number of hydrazine groups is 1. The molecule has 1 saturated heterocycles. The van der Waals surface area contributed by atoms with Gasteiger partial charge in [0.1, 0.15) is 0 Å². The first kappa shape index (κ1) is 18.9. The van der Waals surface area contributed by atoms with Crippen LogP contribution in [0.3, 0.4) is 0 Å². The van der Waals surface area contributed by atoms with Gasteiger partial charge in [-0.05, 0) is 31.3 Å². The van der Waals surface area contributed by atoms with Crippen molar-refractivity contribution >= 4 is 34.6 Å². The summed E-state index contributed by atoms with van der Waals surface area (Å²) in [4.78, 5) is 26.4. The lowest BCUT2D eigenvalue weighted by molar-refractivity contribution is -0.384. The third-order valence-corrected chi connectivity index (χ3v) is 4.06. The first-order valence-corrected chi connectivity index (χ1v) is 8.45. The number of anilines is 1. The Morgan fingerprint density at radius 1 is 1.20 bits per heavy atom. The van der Waals surface area contributed by atoms with Gasteiger partial charge in [0.2, 0.25) is 0 Å². The van der Waals surface area contributed by atoms with Crippen LogP contribution in [0, 0.1) is 10.1 Å². The van der Waals surface area contributed by atoms with Crippen molar-refractivity contribution < 1.29 is 9.72 Å². The Hall–Kier alpha value is -2.46. The number of rotatable bonds is 5. The van der Waals surface area contributed by atoms with E-state index in [1.54, 1.807) is 12.1 Å². The minimum Gasteiger partial charge on any atom is -0.369 e. The van der Waals surface area contributed by atoms with Gasteiger partial charge >= 0.3 is 0 Å². The van der Waals surface area contributed by atoms with Gasteiger partial charge in [0.25, 0.3) is 11.6 Å². The fraction of sp³-hybridized carbons (Fsp3) is 0.467. The van der Waals surface area contributed by atoms with Crippen LogP contribution in [0.2, 0.25) is 0 Å². The topological polar surface area (TPSA) is 103 Å². The predicted molar refractivity (Wildman–Crippen MR) is 99.3 cm³/mol. The maximum Gasteiger partial charge on any atom is 0.269 e. The summed E-state index contributed by atoms with van der Waals surface area (Å²) in [6.07, 6.45) is 0. The van der Waals surface area contributed by atoms with E-state index < -0.39 is 4.92 Å². The number of amides is 1. The molecule has 1 heterocycles. The molecule has 1 aromatic rings. The molecule has 2 rings (SSSR count). The molecule has 9 nitrogen and oxygen atoms in total. The van der Waals surface area contributed by atoms with E-state index in [2.05, 4.69) is 26.0 Å². The number of carbonyl (C=O) groups is 1. The molecule has 10 heteroatoms. The van der Waals surface area contributed by atoms with Crippen LogP contribution in [0.25, 0.3) is 0 Å². The molecule has 0 radical (unpaired) electrons. The van der Waals surface area contributed by atoms with Gasteiger partial charge in [-0.15, -0.1) is 0 Å². The van der Waals surface area contributed by atoms with Crippen LogP contribution in [0.1, 0.15) is 6.92 Å². The minimum absolute atomic E-state index is 0.0852. The Morgan fingerprint density at radius 3 is 2.40 bits per heavy atom. The molecule has 0 aromatic heterocycles. The highest BCUT2D eigenvalue weighted by molar-refractivity contribution is 7.80. The number of non-ortho nitro benzene ring substituents is 1. The van der Waals surface area contributed by atoms with Crippen molar-refractivity contribution in [3.05, 3.63) is 34.4 Å². The van der Waals surface area contributed by atoms with Crippen molar-refractivity contribution in [3.63, 3.8) is 0 Å². The lowest BCUT2D eigenvalue weighted by atomic mass is 10.2. The Kier molecular flexibility index (Phi) is 6.90. The Labute approximate surface area is 151 Å². The third-order valence-electron chi connectivity index (χ3n) is 3.82. The predicted octanol–water partition coefficient (Wildman–Crippen LogP) is 0.232. The second kappa shape index (κ2) is 9.14. The van der Waals surface area contributed by atoms with Crippen LogP contribution in [0.15, 0.2) is 24.3 Å². The average molecular weight is 366 g/mol. The number of nitrogens with one attached hydrogen (secondary N) is 3. The van der Waals surface area contributed by atoms with Gasteiger partial charge in [0.05, 0.1) is 11.5 Å². The normalized spacial score (nSPS) is 14.7. The molecule has 0 aliphatic carbocycles. The highest BCUT2D eigenvalue weighted by Gasteiger charge is 2.19. The molecule has 136 valence electrons. The van der Waals surface area contributed by atoms with Crippen molar-refractivity contribution in [2.24, 2.45) is 0 Å². The van der Waals surface area contributed by atoms with Gasteiger partial charge in [0, 0.05) is 50.5 Å². The fourth-order valence-electron chi connectivity index (χ4n) is 2.52. The molecular formula is C15H22N6O3S. The standard InChI is InChI=1S/C15H22N6O3S/c1-2-16-15(25)18-17-14(22)11-19-7-9-20(10-8-19)12-3-5-13(6-4-12)21(23)24/h3-6H,2,7-11H2,1H3,(H,17,22)(H2,16,18,25). The summed E-state index contributed by atoms with van der Waals surface area (Å²) in [7, 11) is 0. The lowest BCUT2D eigenvalue weighted by Gasteiger charge is -2.35. The smallest absolute Gasteiger partial charge is 0.269 e. The number of benzene rings is 1. The van der Waals surface area contributed by atoms with Crippen molar-refractivity contribution in [1.29, 1.82) is 0 Å². The fourth-order valence-corrected chi connectivity index (χ4v) is 2.72. The van der Waals surface area contributed by atoms with E-state index in [-0.39, 0.29) is 18.1 Å². The first-order valence-electron chi connectivity index (χ1n) is 8.04. The van der Waals surface area contributed by atoms with E-state index in [0.717, 1.165) is 31.9 Å². The number of hydrogen-bond acceptors (Lipinski definition) is 6. The van der Waals surface area contributed by atoms with Crippen LogP contribution in [-0.4, -0.2) is 60.1 Å². The van der Waals surface area contributed by atoms with E-state index in [1.807, 2.05) is 6.92 Å². The highest BCUT2D eigenvalue weighted by Crippen LogP contribution is 2.20. The molecule has 3 N–H and O–H groups in total. The van der Waals surface area contributed by atoms with E-state index in [9.17, 15) is 14.9 Å². The summed E-state index contributed by atoms with van der Waals surface area (Å²) in [5, 5.41) is 14.0. The van der Waals surface area contributed by atoms with Gasteiger partial charge in [-0.2, -0.15) is 0 Å². The number of nitro groups is 1. The van der Waals surface area contributed by atoms with E-state index >= 15 is 0 Å². The quantitative estimate of drug-likeness (QED) is 0.387. The van der Waals surface area contributed by atoms with Gasteiger partial charge in [-0.25, -0.2) is 0 Å². The Bertz CT molecular complexity index is 616. The van der Waals surface area contributed by atoms with Crippen LogP contribution in [0.4, 0.5) is 11.4 Å². The van der Waals surface area contributed by atoms with Crippen LogP contribution < -0.4 is 21.1 Å². The number of nitrogens with zero attached hydrogens (tertiary/aromatic N) is 3. The molecule has 25 heavy (non-hydrogen) atoms. The van der Waals surface area contributed by atoms with E-state index in [1.165, 1.54) is 12.1 Å². The molecule has 0 spiro atoms. The van der Waals surface area contributed by atoms with E-state index in [0.29, 0.717) is 11.7 Å². The van der Waals surface area contributed by atoms with Crippen molar-refractivity contribution in [2.45, 2.75) is 6.92 Å². The molecule has 1 amide bonds. The maximum atomic E-state index is 11.9. The number of piperazine rings is 1. The highest BCUT2D eigenvalue weighted by atomic mass is 32.1. The zero-order valence-corrected chi connectivity index (χ0v) is 14.8. The largest absolute Gasteiger partial charge is 0.369 e. The summed E-state index contributed by atoms with van der Waals surface area (Å²) >= 11 is 4.97. The molecule has 1 fully saturated rings. The Morgan fingerprint density at radius 2 is 1.84 bits per heavy atom. The van der Waals surface area contributed by atoms with Gasteiger partial charge in [-0.3, -0.25) is 30.7 Å². The SMILES string of the molecule is CCNC(=S)NNC(=O)CN1CCN(c2ccc([N+](=O)[O-])cc2)CC1. The van der Waals surface area contributed by atoms with Crippen LogP contribution >= 0.6 is 12.2 Å². The lowest BCUT2D eigenvalue weighted by Crippen LogP contribution is -2.53. The zero-order valence-electron chi connectivity index (χ0n) is 14.0. The second-order valence-corrected chi connectivity index (χ2v) is 5.98. The van der Waals surface area contributed by atoms with Crippen LogP contribution in [-0.2, 0) is 4.79 Å². The van der Waals surface area contributed by atoms with E-state index in [4.69, 9.17) is 12.2 Å². The summed E-state index contributed by atoms with van der Waals surface area (Å²) in [5.74, 6) is -0.149. The molecule has 0 bridgehead atoms. The molecule has 0 saturated carbocycles. The molecule has 0 unspecified atom stereocenters. The maximum absolute atomic E-state index is 11.9. The molecule has 1 aromatic carbocycles. The summed E-state index contributed by atoms with van der Waals surface area (Å²) < 4.78 is 0. The third kappa shape index (κ3) is 5.84. The number of nitro benzene ring substituents is 1.